The van der Waals surface area contributed by atoms with Gasteiger partial charge in [0, 0.05) is 5.75 Å². The van der Waals surface area contributed by atoms with E-state index in [-0.39, 0.29) is 5.41 Å². The Bertz CT molecular complexity index is 351. The lowest BCUT2D eigenvalue weighted by Crippen LogP contribution is -2.07. The molecule has 0 amide bonds. The van der Waals surface area contributed by atoms with E-state index in [9.17, 15) is 0 Å². The second-order valence-corrected chi connectivity index (χ2v) is 6.10. The highest BCUT2D eigenvalue weighted by molar-refractivity contribution is 7.98. The molecule has 1 nitrogen and oxygen atoms in total. The van der Waals surface area contributed by atoms with Gasteiger partial charge < -0.3 is 0 Å². The molecule has 0 radical (unpaired) electrons. The van der Waals surface area contributed by atoms with Crippen LogP contribution in [0.25, 0.3) is 0 Å². The molecule has 0 saturated heterocycles. The summed E-state index contributed by atoms with van der Waals surface area (Å²) in [6, 6.07) is 12.9. The first-order valence-corrected chi connectivity index (χ1v) is 7.32. The van der Waals surface area contributed by atoms with E-state index in [1.165, 1.54) is 17.7 Å². The Kier molecular flexibility index (Phi) is 6.15. The fourth-order valence-corrected chi connectivity index (χ4v) is 2.57. The lowest BCUT2D eigenvalue weighted by atomic mass is 9.89. The lowest BCUT2D eigenvalue weighted by Gasteiger charge is -2.13. The molecular formula is C15H21NS. The van der Waals surface area contributed by atoms with Gasteiger partial charge in [0.05, 0.1) is 11.5 Å². The first kappa shape index (κ1) is 14.1. The van der Waals surface area contributed by atoms with Crippen LogP contribution in [0.3, 0.4) is 0 Å². The van der Waals surface area contributed by atoms with Crippen molar-refractivity contribution in [3.63, 3.8) is 0 Å². The van der Waals surface area contributed by atoms with Gasteiger partial charge in [-0.25, -0.2) is 0 Å². The van der Waals surface area contributed by atoms with Crippen LogP contribution >= 0.6 is 11.8 Å². The van der Waals surface area contributed by atoms with Crippen LogP contribution < -0.4 is 0 Å². The summed E-state index contributed by atoms with van der Waals surface area (Å²) in [5.41, 5.74) is 1.25. The SMILES string of the molecule is CC(C)(C#N)CCCCSCc1ccccc1. The average molecular weight is 247 g/mol. The molecule has 0 atom stereocenters. The van der Waals surface area contributed by atoms with E-state index in [4.69, 9.17) is 5.26 Å². The maximum Gasteiger partial charge on any atom is 0.0683 e. The fourth-order valence-electron chi connectivity index (χ4n) is 1.59. The third kappa shape index (κ3) is 6.38. The Morgan fingerprint density at radius 3 is 2.53 bits per heavy atom. The molecule has 1 rings (SSSR count). The molecule has 0 N–H and O–H groups in total. The van der Waals surface area contributed by atoms with Crippen LogP contribution in [-0.2, 0) is 5.75 Å². The first-order valence-electron chi connectivity index (χ1n) is 6.17. The summed E-state index contributed by atoms with van der Waals surface area (Å²) < 4.78 is 0. The molecule has 1 aromatic rings. The number of nitriles is 1. The van der Waals surface area contributed by atoms with Gasteiger partial charge in [0.25, 0.3) is 0 Å². The highest BCUT2D eigenvalue weighted by Gasteiger charge is 2.15. The second-order valence-electron chi connectivity index (χ2n) is 4.99. The van der Waals surface area contributed by atoms with E-state index < -0.39 is 0 Å². The van der Waals surface area contributed by atoms with E-state index in [1.54, 1.807) is 0 Å². The van der Waals surface area contributed by atoms with Crippen molar-refractivity contribution >= 4 is 11.8 Å². The quantitative estimate of drug-likeness (QED) is 0.655. The summed E-state index contributed by atoms with van der Waals surface area (Å²) in [5, 5.41) is 8.89. The van der Waals surface area contributed by atoms with Gasteiger partial charge in [-0.05, 0) is 38.0 Å². The highest BCUT2D eigenvalue weighted by atomic mass is 32.2. The summed E-state index contributed by atoms with van der Waals surface area (Å²) in [6.07, 6.45) is 3.38. The Balaban J connectivity index is 2.04. The maximum atomic E-state index is 8.89. The zero-order valence-corrected chi connectivity index (χ0v) is 11.6. The van der Waals surface area contributed by atoms with Gasteiger partial charge in [-0.2, -0.15) is 17.0 Å². The predicted octanol–water partition coefficient (Wildman–Crippen LogP) is 4.64. The summed E-state index contributed by atoms with van der Waals surface area (Å²) in [4.78, 5) is 0. The van der Waals surface area contributed by atoms with Gasteiger partial charge in [-0.1, -0.05) is 36.8 Å². The molecule has 2 heteroatoms. The van der Waals surface area contributed by atoms with Gasteiger partial charge in [-0.15, -0.1) is 0 Å². The number of hydrogen-bond donors (Lipinski definition) is 0. The van der Waals surface area contributed by atoms with Crippen LogP contribution in [0.5, 0.6) is 0 Å². The van der Waals surface area contributed by atoms with Gasteiger partial charge in [0.2, 0.25) is 0 Å². The summed E-state index contributed by atoms with van der Waals surface area (Å²) >= 11 is 1.98. The zero-order valence-electron chi connectivity index (χ0n) is 10.8. The summed E-state index contributed by atoms with van der Waals surface area (Å²) in [7, 11) is 0. The van der Waals surface area contributed by atoms with E-state index in [0.29, 0.717) is 0 Å². The van der Waals surface area contributed by atoms with Crippen LogP contribution in [0, 0.1) is 16.7 Å². The Hall–Kier alpha value is -0.940. The summed E-state index contributed by atoms with van der Waals surface area (Å²) in [6.45, 7) is 4.04. The molecule has 0 aliphatic heterocycles. The van der Waals surface area contributed by atoms with Crippen LogP contribution in [0.4, 0.5) is 0 Å². The Morgan fingerprint density at radius 2 is 1.88 bits per heavy atom. The lowest BCUT2D eigenvalue weighted by molar-refractivity contribution is 0.433. The molecular weight excluding hydrogens is 226 g/mol. The van der Waals surface area contributed by atoms with Crippen molar-refractivity contribution in [1.29, 1.82) is 5.26 Å². The molecule has 0 aliphatic carbocycles. The number of benzene rings is 1. The van der Waals surface area contributed by atoms with Crippen molar-refractivity contribution in [2.45, 2.75) is 38.9 Å². The van der Waals surface area contributed by atoms with Gasteiger partial charge in [0.15, 0.2) is 0 Å². The minimum atomic E-state index is -0.149. The molecule has 0 heterocycles. The van der Waals surface area contributed by atoms with Crippen molar-refractivity contribution in [3.05, 3.63) is 35.9 Å². The van der Waals surface area contributed by atoms with Crippen molar-refractivity contribution in [3.8, 4) is 6.07 Å². The average Bonchev–Trinajstić information content (AvgIpc) is 2.35. The Labute approximate surface area is 109 Å². The van der Waals surface area contributed by atoms with Crippen LogP contribution in [0.15, 0.2) is 30.3 Å². The van der Waals surface area contributed by atoms with Crippen LogP contribution in [0.2, 0.25) is 0 Å². The smallest absolute Gasteiger partial charge is 0.0683 e. The van der Waals surface area contributed by atoms with Crippen molar-refractivity contribution < 1.29 is 0 Å². The third-order valence-corrected chi connectivity index (χ3v) is 3.87. The molecule has 0 unspecified atom stereocenters. The van der Waals surface area contributed by atoms with E-state index in [1.807, 2.05) is 25.6 Å². The molecule has 0 aromatic heterocycles. The van der Waals surface area contributed by atoms with E-state index >= 15 is 0 Å². The molecule has 1 aromatic carbocycles. The number of rotatable bonds is 7. The van der Waals surface area contributed by atoms with Gasteiger partial charge in [0.1, 0.15) is 0 Å². The Morgan fingerprint density at radius 1 is 1.18 bits per heavy atom. The standard InChI is InChI=1S/C15H21NS/c1-15(2,13-16)10-6-7-11-17-12-14-8-4-3-5-9-14/h3-5,8-9H,6-7,10-12H2,1-2H3. The van der Waals surface area contributed by atoms with E-state index in [2.05, 4.69) is 36.4 Å². The largest absolute Gasteiger partial charge is 0.198 e. The van der Waals surface area contributed by atoms with Gasteiger partial charge in [-0.3, -0.25) is 0 Å². The summed E-state index contributed by atoms with van der Waals surface area (Å²) in [5.74, 6) is 2.29. The van der Waals surface area contributed by atoms with Crippen LogP contribution in [0.1, 0.15) is 38.7 Å². The molecule has 0 fully saturated rings. The zero-order chi connectivity index (χ0) is 12.6. The third-order valence-electron chi connectivity index (χ3n) is 2.75. The van der Waals surface area contributed by atoms with Crippen molar-refractivity contribution in [2.24, 2.45) is 5.41 Å². The molecule has 0 aliphatic rings. The molecule has 0 spiro atoms. The maximum absolute atomic E-state index is 8.89. The second kappa shape index (κ2) is 7.40. The van der Waals surface area contributed by atoms with Crippen molar-refractivity contribution in [1.82, 2.24) is 0 Å². The fraction of sp³-hybridized carbons (Fsp3) is 0.533. The predicted molar refractivity (Wildman–Crippen MR) is 75.8 cm³/mol. The minimum Gasteiger partial charge on any atom is -0.198 e. The monoisotopic (exact) mass is 247 g/mol. The number of unbranched alkanes of at least 4 members (excludes halogenated alkanes) is 1. The number of thioether (sulfide) groups is 1. The minimum absolute atomic E-state index is 0.149. The first-order chi connectivity index (χ1) is 8.14. The molecule has 0 saturated carbocycles. The topological polar surface area (TPSA) is 23.8 Å². The highest BCUT2D eigenvalue weighted by Crippen LogP contribution is 2.22. The normalized spacial score (nSPS) is 11.1. The molecule has 92 valence electrons. The van der Waals surface area contributed by atoms with Gasteiger partial charge >= 0.3 is 0 Å². The van der Waals surface area contributed by atoms with Crippen molar-refractivity contribution in [2.75, 3.05) is 5.75 Å². The van der Waals surface area contributed by atoms with Crippen LogP contribution in [-0.4, -0.2) is 5.75 Å². The van der Waals surface area contributed by atoms with E-state index in [0.717, 1.165) is 18.6 Å². The number of hydrogen-bond acceptors (Lipinski definition) is 2. The number of nitrogens with zero attached hydrogens (tertiary/aromatic N) is 1. The molecule has 0 bridgehead atoms. The molecule has 17 heavy (non-hydrogen) atoms.